The Morgan fingerprint density at radius 3 is 2.73 bits per heavy atom. The maximum absolute atomic E-state index is 6.52. The molecule has 2 nitrogen and oxygen atoms in total. The molecule has 1 aromatic heterocycles. The van der Waals surface area contributed by atoms with Gasteiger partial charge in [0, 0.05) is 39.4 Å². The van der Waals surface area contributed by atoms with Crippen molar-refractivity contribution in [2.45, 2.75) is 19.4 Å². The molecule has 0 bridgehead atoms. The van der Waals surface area contributed by atoms with Gasteiger partial charge >= 0.3 is 0 Å². The van der Waals surface area contributed by atoms with Crippen molar-refractivity contribution < 1.29 is 0 Å². The summed E-state index contributed by atoms with van der Waals surface area (Å²) in [5, 5.41) is 4.91. The van der Waals surface area contributed by atoms with Crippen LogP contribution < -0.4 is 5.32 Å². The maximum atomic E-state index is 6.52. The highest BCUT2D eigenvalue weighted by molar-refractivity contribution is 7.12. The van der Waals surface area contributed by atoms with Crippen molar-refractivity contribution >= 4 is 34.5 Å². The van der Waals surface area contributed by atoms with E-state index in [-0.39, 0.29) is 6.04 Å². The molecule has 1 aliphatic rings. The second kappa shape index (κ2) is 7.33. The molecule has 1 saturated heterocycles. The van der Waals surface area contributed by atoms with Crippen LogP contribution in [0.1, 0.15) is 27.8 Å². The van der Waals surface area contributed by atoms with Gasteiger partial charge in [-0.2, -0.15) is 0 Å². The van der Waals surface area contributed by atoms with Gasteiger partial charge < -0.3 is 5.32 Å². The summed E-state index contributed by atoms with van der Waals surface area (Å²) < 4.78 is 0. The number of benzene rings is 1. The van der Waals surface area contributed by atoms with E-state index in [1.165, 1.54) is 9.75 Å². The highest BCUT2D eigenvalue weighted by atomic mass is 35.5. The molecule has 2 heterocycles. The average Bonchev–Trinajstić information content (AvgIpc) is 2.74. The van der Waals surface area contributed by atoms with Gasteiger partial charge in [0.05, 0.1) is 6.04 Å². The first-order valence-corrected chi connectivity index (χ1v) is 9.18. The van der Waals surface area contributed by atoms with Crippen LogP contribution in [0.2, 0.25) is 10.0 Å². The number of nitrogens with one attached hydrogen (secondary N) is 1. The molecule has 1 fully saturated rings. The van der Waals surface area contributed by atoms with E-state index in [1.54, 1.807) is 0 Å². The fourth-order valence-corrected chi connectivity index (χ4v) is 4.52. The summed E-state index contributed by atoms with van der Waals surface area (Å²) in [4.78, 5) is 5.21. The second-order valence-corrected chi connectivity index (χ2v) is 7.82. The minimum Gasteiger partial charge on any atom is -0.315 e. The van der Waals surface area contributed by atoms with Crippen LogP contribution >= 0.6 is 34.5 Å². The van der Waals surface area contributed by atoms with E-state index in [2.05, 4.69) is 35.3 Å². The van der Waals surface area contributed by atoms with E-state index in [4.69, 9.17) is 23.2 Å². The predicted molar refractivity (Wildman–Crippen MR) is 96.4 cm³/mol. The molecule has 118 valence electrons. The third kappa shape index (κ3) is 3.66. The number of rotatable bonds is 3. The van der Waals surface area contributed by atoms with Gasteiger partial charge in [-0.3, -0.25) is 4.90 Å². The molecule has 0 radical (unpaired) electrons. The van der Waals surface area contributed by atoms with Crippen LogP contribution in [0, 0.1) is 6.92 Å². The zero-order valence-corrected chi connectivity index (χ0v) is 14.9. The monoisotopic (exact) mass is 354 g/mol. The molecule has 0 saturated carbocycles. The lowest BCUT2D eigenvalue weighted by Gasteiger charge is -2.30. The number of nitrogens with zero attached hydrogens (tertiary/aromatic N) is 1. The molecule has 3 rings (SSSR count). The van der Waals surface area contributed by atoms with Crippen molar-refractivity contribution in [2.24, 2.45) is 0 Å². The Morgan fingerprint density at radius 2 is 2.00 bits per heavy atom. The number of thiophene rings is 1. The molecule has 0 amide bonds. The lowest BCUT2D eigenvalue weighted by atomic mass is 10.0. The summed E-state index contributed by atoms with van der Waals surface area (Å²) >= 11 is 14.4. The first-order valence-electron chi connectivity index (χ1n) is 7.61. The Labute approximate surface area is 146 Å². The van der Waals surface area contributed by atoms with Gasteiger partial charge in [0.15, 0.2) is 0 Å². The molecule has 1 atom stereocenters. The first kappa shape index (κ1) is 16.3. The van der Waals surface area contributed by atoms with Crippen molar-refractivity contribution in [2.75, 3.05) is 26.2 Å². The number of halogens is 2. The number of hydrogen-bond donors (Lipinski definition) is 1. The zero-order valence-electron chi connectivity index (χ0n) is 12.6. The molecule has 0 aliphatic carbocycles. The van der Waals surface area contributed by atoms with E-state index in [0.29, 0.717) is 5.02 Å². The summed E-state index contributed by atoms with van der Waals surface area (Å²) in [6.45, 7) is 6.36. The number of aryl methyl sites for hydroxylation is 1. The lowest BCUT2D eigenvalue weighted by Crippen LogP contribution is -2.32. The Balaban J connectivity index is 2.01. The first-order chi connectivity index (χ1) is 10.6. The molecular weight excluding hydrogens is 335 g/mol. The van der Waals surface area contributed by atoms with Crippen molar-refractivity contribution in [3.8, 4) is 0 Å². The molecule has 22 heavy (non-hydrogen) atoms. The summed E-state index contributed by atoms with van der Waals surface area (Å²) in [6, 6.07) is 10.5. The molecule has 1 aliphatic heterocycles. The van der Waals surface area contributed by atoms with Gasteiger partial charge in [-0.25, -0.2) is 0 Å². The Bertz CT molecular complexity index is 633. The maximum Gasteiger partial charge on any atom is 0.0711 e. The molecule has 1 aromatic carbocycles. The summed E-state index contributed by atoms with van der Waals surface area (Å²) in [5.41, 5.74) is 1.15. The standard InChI is InChI=1S/C17H20Cl2N2S/c1-12-3-6-16(22-12)17(21-9-2-7-20-8-10-21)14-5-4-13(18)11-15(14)19/h3-6,11,17,20H,2,7-10H2,1H3. The van der Waals surface area contributed by atoms with Crippen LogP contribution in [0.4, 0.5) is 0 Å². The molecule has 1 unspecified atom stereocenters. The normalized spacial score (nSPS) is 18.1. The van der Waals surface area contributed by atoms with Gasteiger partial charge in [-0.05, 0) is 49.7 Å². The van der Waals surface area contributed by atoms with Crippen LogP contribution in [0.3, 0.4) is 0 Å². The van der Waals surface area contributed by atoms with E-state index >= 15 is 0 Å². The Morgan fingerprint density at radius 1 is 1.14 bits per heavy atom. The third-order valence-electron chi connectivity index (χ3n) is 4.03. The smallest absolute Gasteiger partial charge is 0.0711 e. The van der Waals surface area contributed by atoms with E-state index in [9.17, 15) is 0 Å². The number of hydrogen-bond acceptors (Lipinski definition) is 3. The molecule has 1 N–H and O–H groups in total. The predicted octanol–water partition coefficient (Wildman–Crippen LogP) is 4.75. The van der Waals surface area contributed by atoms with Gasteiger partial charge in [0.2, 0.25) is 0 Å². The summed E-state index contributed by atoms with van der Waals surface area (Å²) in [6.07, 6.45) is 1.16. The van der Waals surface area contributed by atoms with Gasteiger partial charge in [-0.1, -0.05) is 29.3 Å². The van der Waals surface area contributed by atoms with E-state index in [1.807, 2.05) is 23.5 Å². The van der Waals surface area contributed by atoms with Crippen LogP contribution in [0.5, 0.6) is 0 Å². The zero-order chi connectivity index (χ0) is 15.5. The van der Waals surface area contributed by atoms with Gasteiger partial charge in [-0.15, -0.1) is 11.3 Å². The van der Waals surface area contributed by atoms with E-state index in [0.717, 1.165) is 43.2 Å². The highest BCUT2D eigenvalue weighted by Gasteiger charge is 2.26. The van der Waals surface area contributed by atoms with Crippen molar-refractivity contribution in [1.29, 1.82) is 0 Å². The summed E-state index contributed by atoms with van der Waals surface area (Å²) in [5.74, 6) is 0. The molecular formula is C17H20Cl2N2S. The molecule has 5 heteroatoms. The van der Waals surface area contributed by atoms with Crippen molar-refractivity contribution in [3.63, 3.8) is 0 Å². The fraction of sp³-hybridized carbons (Fsp3) is 0.412. The lowest BCUT2D eigenvalue weighted by molar-refractivity contribution is 0.244. The third-order valence-corrected chi connectivity index (χ3v) is 5.64. The SMILES string of the molecule is Cc1ccc(C(c2ccc(Cl)cc2Cl)N2CCCNCC2)s1. The van der Waals surface area contributed by atoms with E-state index < -0.39 is 0 Å². The Hall–Kier alpha value is -0.580. The minimum atomic E-state index is 0.211. The quantitative estimate of drug-likeness (QED) is 0.855. The van der Waals surface area contributed by atoms with Crippen LogP contribution in [-0.4, -0.2) is 31.1 Å². The van der Waals surface area contributed by atoms with Crippen LogP contribution in [-0.2, 0) is 0 Å². The molecule has 2 aromatic rings. The largest absolute Gasteiger partial charge is 0.315 e. The minimum absolute atomic E-state index is 0.211. The van der Waals surface area contributed by atoms with Gasteiger partial charge in [0.25, 0.3) is 0 Å². The van der Waals surface area contributed by atoms with Crippen LogP contribution in [0.25, 0.3) is 0 Å². The topological polar surface area (TPSA) is 15.3 Å². The van der Waals surface area contributed by atoms with Crippen molar-refractivity contribution in [1.82, 2.24) is 10.2 Å². The average molecular weight is 355 g/mol. The summed E-state index contributed by atoms with van der Waals surface area (Å²) in [7, 11) is 0. The van der Waals surface area contributed by atoms with Crippen molar-refractivity contribution in [3.05, 3.63) is 55.7 Å². The second-order valence-electron chi connectivity index (χ2n) is 5.66. The highest BCUT2D eigenvalue weighted by Crippen LogP contribution is 2.37. The molecule has 0 spiro atoms. The fourth-order valence-electron chi connectivity index (χ4n) is 2.98. The Kier molecular flexibility index (Phi) is 5.42. The van der Waals surface area contributed by atoms with Gasteiger partial charge in [0.1, 0.15) is 0 Å². The van der Waals surface area contributed by atoms with Crippen LogP contribution in [0.15, 0.2) is 30.3 Å².